The Kier molecular flexibility index (Phi) is 7.47. The fourth-order valence-electron chi connectivity index (χ4n) is 4.77. The van der Waals surface area contributed by atoms with Gasteiger partial charge in [0, 0.05) is 17.8 Å². The third-order valence-corrected chi connectivity index (χ3v) is 6.52. The first-order valence-electron chi connectivity index (χ1n) is 12.6. The van der Waals surface area contributed by atoms with E-state index in [-0.39, 0.29) is 11.8 Å². The molecule has 1 fully saturated rings. The van der Waals surface area contributed by atoms with E-state index in [1.54, 1.807) is 33.1 Å². The van der Waals surface area contributed by atoms with E-state index in [0.717, 1.165) is 40.7 Å². The molecule has 0 radical (unpaired) electrons. The Labute approximate surface area is 217 Å². The van der Waals surface area contributed by atoms with Gasteiger partial charge in [-0.15, -0.1) is 0 Å². The van der Waals surface area contributed by atoms with Crippen molar-refractivity contribution >= 4 is 41.0 Å². The van der Waals surface area contributed by atoms with Crippen LogP contribution in [0.15, 0.2) is 47.6 Å². The molecule has 37 heavy (non-hydrogen) atoms. The van der Waals surface area contributed by atoms with Crippen LogP contribution in [0.4, 0.5) is 10.5 Å². The summed E-state index contributed by atoms with van der Waals surface area (Å²) in [6.45, 7) is 9.79. The molecule has 8 nitrogen and oxygen atoms in total. The Morgan fingerprint density at radius 2 is 1.86 bits per heavy atom. The molecule has 2 aromatic rings. The molecule has 0 spiro atoms. The van der Waals surface area contributed by atoms with Crippen molar-refractivity contribution in [2.45, 2.75) is 65.5 Å². The maximum absolute atomic E-state index is 13.3. The largest absolute Gasteiger partial charge is 0.444 e. The van der Waals surface area contributed by atoms with Crippen LogP contribution in [-0.4, -0.2) is 47.2 Å². The summed E-state index contributed by atoms with van der Waals surface area (Å²) in [6, 6.07) is 12.8. The van der Waals surface area contributed by atoms with Gasteiger partial charge in [-0.1, -0.05) is 30.3 Å². The smallest absolute Gasteiger partial charge is 0.410 e. The van der Waals surface area contributed by atoms with Gasteiger partial charge in [-0.25, -0.2) is 10.2 Å². The standard InChI is InChI=1S/C29H34N4O4/c1-18-15-21(31-27(35)24-13-9-10-14-33(24)28(36)37-29(3,4)5)16-22-25(18)23(17-30-32-26(22)34)19(2)20-11-7-6-8-12-20/h6-8,11-12,15-17,24H,9-10,13-14H2,1-5H3,(H,31,35)(H,32,34)/b23-19+. The van der Waals surface area contributed by atoms with Crippen LogP contribution in [0.1, 0.15) is 74.0 Å². The van der Waals surface area contributed by atoms with E-state index >= 15 is 0 Å². The minimum atomic E-state index is -0.651. The van der Waals surface area contributed by atoms with E-state index < -0.39 is 17.7 Å². The molecule has 1 saturated heterocycles. The lowest BCUT2D eigenvalue weighted by Crippen LogP contribution is -2.51. The number of fused-ring (bicyclic) bond motifs is 1. The number of hydrogen-bond donors (Lipinski definition) is 2. The van der Waals surface area contributed by atoms with Crippen LogP contribution in [0.5, 0.6) is 0 Å². The number of ether oxygens (including phenoxy) is 1. The Morgan fingerprint density at radius 1 is 1.14 bits per heavy atom. The summed E-state index contributed by atoms with van der Waals surface area (Å²) in [4.78, 5) is 40.6. The molecule has 0 bridgehead atoms. The second-order valence-electron chi connectivity index (χ2n) is 10.5. The van der Waals surface area contributed by atoms with Crippen molar-refractivity contribution in [2.75, 3.05) is 11.9 Å². The molecule has 2 aliphatic rings. The molecule has 8 heteroatoms. The molecular formula is C29H34N4O4. The summed E-state index contributed by atoms with van der Waals surface area (Å²) in [6.07, 6.45) is 3.38. The molecule has 0 aromatic heterocycles. The monoisotopic (exact) mass is 502 g/mol. The molecule has 1 atom stereocenters. The van der Waals surface area contributed by atoms with Crippen molar-refractivity contribution in [3.05, 3.63) is 64.7 Å². The number of rotatable bonds is 3. The van der Waals surface area contributed by atoms with Crippen molar-refractivity contribution < 1.29 is 19.1 Å². The average molecular weight is 503 g/mol. The molecule has 1 unspecified atom stereocenters. The third kappa shape index (κ3) is 5.90. The van der Waals surface area contributed by atoms with E-state index in [4.69, 9.17) is 4.74 Å². The Bertz CT molecular complexity index is 1270. The first kappa shape index (κ1) is 26.1. The average Bonchev–Trinajstić information content (AvgIpc) is 3.02. The van der Waals surface area contributed by atoms with E-state index in [0.29, 0.717) is 24.2 Å². The first-order chi connectivity index (χ1) is 17.5. The van der Waals surface area contributed by atoms with Crippen molar-refractivity contribution in [1.82, 2.24) is 10.3 Å². The quantitative estimate of drug-likeness (QED) is 0.588. The molecule has 2 aliphatic heterocycles. The van der Waals surface area contributed by atoms with Crippen LogP contribution in [0.3, 0.4) is 0 Å². The number of carbonyl (C=O) groups is 3. The number of allylic oxidation sites excluding steroid dienone is 2. The highest BCUT2D eigenvalue weighted by atomic mass is 16.6. The normalized spacial score (nSPS) is 18.9. The van der Waals surface area contributed by atoms with Crippen LogP contribution < -0.4 is 10.7 Å². The van der Waals surface area contributed by atoms with Gasteiger partial charge in [0.2, 0.25) is 5.91 Å². The Hall–Kier alpha value is -3.94. The van der Waals surface area contributed by atoms with Crippen LogP contribution in [0, 0.1) is 6.92 Å². The van der Waals surface area contributed by atoms with Crippen molar-refractivity contribution in [1.29, 1.82) is 0 Å². The minimum absolute atomic E-state index is 0.300. The number of likely N-dealkylation sites (tertiary alicyclic amines) is 1. The Morgan fingerprint density at radius 3 is 2.57 bits per heavy atom. The molecule has 2 heterocycles. The van der Waals surface area contributed by atoms with Gasteiger partial charge < -0.3 is 10.1 Å². The Balaban J connectivity index is 1.65. The predicted octanol–water partition coefficient (Wildman–Crippen LogP) is 5.38. The number of carbonyl (C=O) groups excluding carboxylic acids is 3. The summed E-state index contributed by atoms with van der Waals surface area (Å²) in [5.74, 6) is -0.652. The molecular weight excluding hydrogens is 468 g/mol. The third-order valence-electron chi connectivity index (χ3n) is 6.52. The number of aryl methyl sites for hydroxylation is 1. The van der Waals surface area contributed by atoms with Crippen LogP contribution in [-0.2, 0) is 9.53 Å². The lowest BCUT2D eigenvalue weighted by Gasteiger charge is -2.35. The molecule has 2 aromatic carbocycles. The van der Waals surface area contributed by atoms with Gasteiger partial charge in [0.05, 0.1) is 11.8 Å². The fraction of sp³-hybridized carbons (Fsp3) is 0.379. The number of hydrogen-bond acceptors (Lipinski definition) is 5. The summed E-state index contributed by atoms with van der Waals surface area (Å²) >= 11 is 0. The van der Waals surface area contributed by atoms with E-state index in [1.807, 2.05) is 50.2 Å². The van der Waals surface area contributed by atoms with Crippen molar-refractivity contribution in [3.63, 3.8) is 0 Å². The van der Waals surface area contributed by atoms with Crippen LogP contribution >= 0.6 is 0 Å². The van der Waals surface area contributed by atoms with Gasteiger partial charge in [0.1, 0.15) is 11.6 Å². The summed E-state index contributed by atoms with van der Waals surface area (Å²) in [7, 11) is 0. The number of anilines is 1. The molecule has 0 saturated carbocycles. The zero-order valence-electron chi connectivity index (χ0n) is 22.1. The lowest BCUT2D eigenvalue weighted by atomic mass is 9.89. The molecule has 2 N–H and O–H groups in total. The topological polar surface area (TPSA) is 100 Å². The van der Waals surface area contributed by atoms with Gasteiger partial charge in [0.25, 0.3) is 5.91 Å². The summed E-state index contributed by atoms with van der Waals surface area (Å²) in [5.41, 5.74) is 7.27. The molecule has 194 valence electrons. The van der Waals surface area contributed by atoms with Gasteiger partial charge >= 0.3 is 6.09 Å². The fourth-order valence-corrected chi connectivity index (χ4v) is 4.77. The second kappa shape index (κ2) is 10.6. The number of nitrogens with zero attached hydrogens (tertiary/aromatic N) is 2. The first-order valence-corrected chi connectivity index (χ1v) is 12.6. The zero-order chi connectivity index (χ0) is 26.7. The summed E-state index contributed by atoms with van der Waals surface area (Å²) < 4.78 is 5.54. The SMILES string of the molecule is C/C(=C1/C=NNC(=O)c2cc(NC(=O)C3CCCCN3C(=O)OC(C)(C)C)cc(C)c21)c1ccccc1. The lowest BCUT2D eigenvalue weighted by molar-refractivity contribution is -0.122. The molecule has 4 rings (SSSR count). The highest BCUT2D eigenvalue weighted by molar-refractivity contribution is 6.23. The van der Waals surface area contributed by atoms with Crippen molar-refractivity contribution in [3.8, 4) is 0 Å². The molecule has 0 aliphatic carbocycles. The molecule has 3 amide bonds. The van der Waals surface area contributed by atoms with Gasteiger partial charge in [0.15, 0.2) is 0 Å². The van der Waals surface area contributed by atoms with Gasteiger partial charge in [-0.2, -0.15) is 5.10 Å². The maximum Gasteiger partial charge on any atom is 0.410 e. The van der Waals surface area contributed by atoms with E-state index in [2.05, 4.69) is 15.8 Å². The number of piperidine rings is 1. The van der Waals surface area contributed by atoms with Crippen molar-refractivity contribution in [2.24, 2.45) is 5.10 Å². The highest BCUT2D eigenvalue weighted by Gasteiger charge is 2.35. The summed E-state index contributed by atoms with van der Waals surface area (Å²) in [5, 5.41) is 7.07. The second-order valence-corrected chi connectivity index (χ2v) is 10.5. The number of amides is 3. The van der Waals surface area contributed by atoms with E-state index in [9.17, 15) is 14.4 Å². The van der Waals surface area contributed by atoms with Crippen LogP contribution in [0.2, 0.25) is 0 Å². The van der Waals surface area contributed by atoms with Crippen LogP contribution in [0.25, 0.3) is 11.1 Å². The number of benzene rings is 2. The maximum atomic E-state index is 13.3. The minimum Gasteiger partial charge on any atom is -0.444 e. The number of hydrazone groups is 1. The predicted molar refractivity (Wildman–Crippen MR) is 145 cm³/mol. The van der Waals surface area contributed by atoms with Gasteiger partial charge in [-0.05, 0) is 88.3 Å². The highest BCUT2D eigenvalue weighted by Crippen LogP contribution is 2.33. The zero-order valence-corrected chi connectivity index (χ0v) is 22.1. The number of nitrogens with one attached hydrogen (secondary N) is 2. The van der Waals surface area contributed by atoms with E-state index in [1.165, 1.54) is 4.90 Å². The van der Waals surface area contributed by atoms with Gasteiger partial charge in [-0.3, -0.25) is 14.5 Å².